The van der Waals surface area contributed by atoms with Crippen molar-refractivity contribution in [3.63, 3.8) is 0 Å². The van der Waals surface area contributed by atoms with Gasteiger partial charge in [0.2, 0.25) is 0 Å². The van der Waals surface area contributed by atoms with Crippen molar-refractivity contribution >= 4 is 5.78 Å². The average Bonchev–Trinajstić information content (AvgIpc) is 2.38. The van der Waals surface area contributed by atoms with Crippen LogP contribution < -0.4 is 0 Å². The summed E-state index contributed by atoms with van der Waals surface area (Å²) in [5.41, 5.74) is 2.53. The molecule has 2 aromatic rings. The fraction of sp³-hybridized carbons (Fsp3) is 0.0667. The zero-order valence-electron chi connectivity index (χ0n) is 9.47. The van der Waals surface area contributed by atoms with E-state index in [0.717, 1.165) is 11.1 Å². The summed E-state index contributed by atoms with van der Waals surface area (Å²) in [6.07, 6.45) is 3.42. The van der Waals surface area contributed by atoms with Crippen LogP contribution in [0.1, 0.15) is 28.4 Å². The summed E-state index contributed by atoms with van der Waals surface area (Å²) in [5, 5.41) is 0. The highest BCUT2D eigenvalue weighted by Gasteiger charge is 1.96. The molecule has 0 unspecified atom stereocenters. The van der Waals surface area contributed by atoms with Crippen LogP contribution >= 0.6 is 0 Å². The number of rotatable bonds is 1. The fourth-order valence-corrected chi connectivity index (χ4v) is 1.37. The summed E-state index contributed by atoms with van der Waals surface area (Å²) in [5.74, 6) is 6.14. The second-order valence-electron chi connectivity index (χ2n) is 3.62. The Labute approximate surface area is 100 Å². The van der Waals surface area contributed by atoms with Gasteiger partial charge in [0.1, 0.15) is 0 Å². The van der Waals surface area contributed by atoms with E-state index in [1.807, 2.05) is 24.3 Å². The van der Waals surface area contributed by atoms with Gasteiger partial charge in [0, 0.05) is 29.1 Å². The van der Waals surface area contributed by atoms with Crippen molar-refractivity contribution in [3.8, 4) is 11.8 Å². The first kappa shape index (κ1) is 11.1. The lowest BCUT2D eigenvalue weighted by molar-refractivity contribution is 0.101. The van der Waals surface area contributed by atoms with Crippen molar-refractivity contribution in [2.45, 2.75) is 6.92 Å². The van der Waals surface area contributed by atoms with Gasteiger partial charge < -0.3 is 0 Å². The summed E-state index contributed by atoms with van der Waals surface area (Å²) in [7, 11) is 0. The monoisotopic (exact) mass is 221 g/mol. The molecule has 0 atom stereocenters. The molecule has 2 heteroatoms. The number of pyridine rings is 1. The third kappa shape index (κ3) is 3.02. The molecule has 0 spiro atoms. The van der Waals surface area contributed by atoms with Gasteiger partial charge in [-0.25, -0.2) is 0 Å². The number of carbonyl (C=O) groups is 1. The van der Waals surface area contributed by atoms with E-state index < -0.39 is 0 Å². The molecule has 2 rings (SSSR count). The van der Waals surface area contributed by atoms with Gasteiger partial charge in [-0.3, -0.25) is 9.78 Å². The summed E-state index contributed by atoms with van der Waals surface area (Å²) in [4.78, 5) is 15.0. The van der Waals surface area contributed by atoms with Crippen LogP contribution in [0.3, 0.4) is 0 Å². The Kier molecular flexibility index (Phi) is 3.32. The molecule has 2 nitrogen and oxygen atoms in total. The van der Waals surface area contributed by atoms with E-state index in [4.69, 9.17) is 0 Å². The largest absolute Gasteiger partial charge is 0.295 e. The molecule has 0 saturated carbocycles. The van der Waals surface area contributed by atoms with Crippen LogP contribution in [0.5, 0.6) is 0 Å². The number of hydrogen-bond acceptors (Lipinski definition) is 2. The molecule has 82 valence electrons. The van der Waals surface area contributed by atoms with Gasteiger partial charge in [0.25, 0.3) is 0 Å². The maximum absolute atomic E-state index is 11.1. The Bertz CT molecular complexity index is 574. The number of ketones is 1. The first-order chi connectivity index (χ1) is 8.25. The molecule has 1 aromatic heterocycles. The van der Waals surface area contributed by atoms with Crippen LogP contribution in [0, 0.1) is 11.8 Å². The van der Waals surface area contributed by atoms with E-state index in [1.54, 1.807) is 31.5 Å². The zero-order chi connectivity index (χ0) is 12.1. The van der Waals surface area contributed by atoms with Gasteiger partial charge in [-0.1, -0.05) is 24.0 Å². The molecule has 0 fully saturated rings. The molecule has 0 radical (unpaired) electrons. The number of benzene rings is 1. The number of Topliss-reactive ketones (excluding diaryl/α,β-unsaturated/α-hetero) is 1. The molecule has 0 N–H and O–H groups in total. The van der Waals surface area contributed by atoms with Gasteiger partial charge in [-0.15, -0.1) is 0 Å². The molecule has 0 bridgehead atoms. The third-order valence-corrected chi connectivity index (χ3v) is 2.32. The Balaban J connectivity index is 2.20. The molecule has 0 amide bonds. The highest BCUT2D eigenvalue weighted by atomic mass is 16.1. The molecule has 17 heavy (non-hydrogen) atoms. The summed E-state index contributed by atoms with van der Waals surface area (Å²) < 4.78 is 0. The molecule has 1 aromatic carbocycles. The maximum atomic E-state index is 11.1. The quantitative estimate of drug-likeness (QED) is 0.547. The molecule has 0 saturated heterocycles. The van der Waals surface area contributed by atoms with Crippen molar-refractivity contribution in [1.29, 1.82) is 0 Å². The average molecular weight is 221 g/mol. The van der Waals surface area contributed by atoms with Crippen molar-refractivity contribution in [2.24, 2.45) is 0 Å². The first-order valence-corrected chi connectivity index (χ1v) is 5.29. The van der Waals surface area contributed by atoms with E-state index in [1.165, 1.54) is 0 Å². The predicted molar refractivity (Wildman–Crippen MR) is 66.7 cm³/mol. The zero-order valence-corrected chi connectivity index (χ0v) is 9.47. The SMILES string of the molecule is CC(=O)c1ccc(C#Cc2ccncc2)cc1. The Morgan fingerprint density at radius 2 is 1.47 bits per heavy atom. The van der Waals surface area contributed by atoms with Gasteiger partial charge in [-0.05, 0) is 31.2 Å². The highest BCUT2D eigenvalue weighted by molar-refractivity contribution is 5.94. The number of nitrogens with zero attached hydrogens (tertiary/aromatic N) is 1. The van der Waals surface area contributed by atoms with Crippen LogP contribution in [-0.2, 0) is 0 Å². The molecular formula is C15H11NO. The number of carbonyl (C=O) groups excluding carboxylic acids is 1. The lowest BCUT2D eigenvalue weighted by atomic mass is 10.1. The second-order valence-corrected chi connectivity index (χ2v) is 3.62. The second kappa shape index (κ2) is 5.09. The topological polar surface area (TPSA) is 30.0 Å². The summed E-state index contributed by atoms with van der Waals surface area (Å²) in [6, 6.07) is 11.0. The minimum absolute atomic E-state index is 0.0682. The van der Waals surface area contributed by atoms with Crippen LogP contribution in [0.4, 0.5) is 0 Å². The van der Waals surface area contributed by atoms with Gasteiger partial charge in [0.05, 0.1) is 0 Å². The molecule has 0 aliphatic rings. The Morgan fingerprint density at radius 3 is 2.00 bits per heavy atom. The van der Waals surface area contributed by atoms with E-state index in [-0.39, 0.29) is 5.78 Å². The predicted octanol–water partition coefficient (Wildman–Crippen LogP) is 2.68. The van der Waals surface area contributed by atoms with Crippen LogP contribution in [0.25, 0.3) is 0 Å². The molecular weight excluding hydrogens is 210 g/mol. The number of hydrogen-bond donors (Lipinski definition) is 0. The van der Waals surface area contributed by atoms with E-state index >= 15 is 0 Å². The van der Waals surface area contributed by atoms with Crippen molar-refractivity contribution < 1.29 is 4.79 Å². The first-order valence-electron chi connectivity index (χ1n) is 5.29. The lowest BCUT2D eigenvalue weighted by Crippen LogP contribution is -1.90. The standard InChI is InChI=1S/C15H11NO/c1-12(17)15-6-4-13(5-7-15)2-3-14-8-10-16-11-9-14/h4-11H,1H3. The highest BCUT2D eigenvalue weighted by Crippen LogP contribution is 2.04. The third-order valence-electron chi connectivity index (χ3n) is 2.32. The minimum atomic E-state index is 0.0682. The van der Waals surface area contributed by atoms with Crippen LogP contribution in [-0.4, -0.2) is 10.8 Å². The smallest absolute Gasteiger partial charge is 0.159 e. The van der Waals surface area contributed by atoms with E-state index in [9.17, 15) is 4.79 Å². The lowest BCUT2D eigenvalue weighted by Gasteiger charge is -1.94. The Hall–Kier alpha value is -2.40. The number of aromatic nitrogens is 1. The Morgan fingerprint density at radius 1 is 0.941 bits per heavy atom. The van der Waals surface area contributed by atoms with Crippen molar-refractivity contribution in [2.75, 3.05) is 0 Å². The van der Waals surface area contributed by atoms with E-state index in [2.05, 4.69) is 16.8 Å². The maximum Gasteiger partial charge on any atom is 0.159 e. The van der Waals surface area contributed by atoms with Crippen molar-refractivity contribution in [3.05, 3.63) is 65.5 Å². The minimum Gasteiger partial charge on any atom is -0.295 e. The summed E-state index contributed by atoms with van der Waals surface area (Å²) >= 11 is 0. The van der Waals surface area contributed by atoms with Gasteiger partial charge in [-0.2, -0.15) is 0 Å². The summed E-state index contributed by atoms with van der Waals surface area (Å²) in [6.45, 7) is 1.55. The normalized spacial score (nSPS) is 9.24. The van der Waals surface area contributed by atoms with Gasteiger partial charge in [0.15, 0.2) is 5.78 Å². The fourth-order valence-electron chi connectivity index (χ4n) is 1.37. The van der Waals surface area contributed by atoms with Crippen LogP contribution in [0.15, 0.2) is 48.8 Å². The van der Waals surface area contributed by atoms with Gasteiger partial charge >= 0.3 is 0 Å². The van der Waals surface area contributed by atoms with E-state index in [0.29, 0.717) is 5.56 Å². The molecule has 0 aliphatic heterocycles. The van der Waals surface area contributed by atoms with Crippen molar-refractivity contribution in [1.82, 2.24) is 4.98 Å². The molecule has 0 aliphatic carbocycles. The molecule has 1 heterocycles. The van der Waals surface area contributed by atoms with Crippen LogP contribution in [0.2, 0.25) is 0 Å².